The number of anilines is 1. The Labute approximate surface area is 176 Å². The number of pyridine rings is 1. The summed E-state index contributed by atoms with van der Waals surface area (Å²) in [5.41, 5.74) is 2.94. The van der Waals surface area contributed by atoms with E-state index in [2.05, 4.69) is 15.6 Å². The van der Waals surface area contributed by atoms with Crippen molar-refractivity contribution in [3.05, 3.63) is 83.7 Å². The Morgan fingerprint density at radius 1 is 1.07 bits per heavy atom. The number of rotatable bonds is 7. The van der Waals surface area contributed by atoms with Crippen LogP contribution in [0.25, 0.3) is 0 Å². The van der Waals surface area contributed by atoms with Gasteiger partial charge in [-0.15, -0.1) is 0 Å². The smallest absolute Gasteiger partial charge is 0.319 e. The van der Waals surface area contributed by atoms with Crippen LogP contribution >= 0.6 is 0 Å². The van der Waals surface area contributed by atoms with E-state index in [-0.39, 0.29) is 16.7 Å². The summed E-state index contributed by atoms with van der Waals surface area (Å²) in [6.45, 7) is 2.21. The molecule has 0 radical (unpaired) electrons. The van der Waals surface area contributed by atoms with Crippen molar-refractivity contribution in [1.82, 2.24) is 10.3 Å². The van der Waals surface area contributed by atoms with Crippen LogP contribution in [0.3, 0.4) is 0 Å². The van der Waals surface area contributed by atoms with E-state index < -0.39 is 9.84 Å². The van der Waals surface area contributed by atoms with Gasteiger partial charge in [0, 0.05) is 24.6 Å². The first-order valence-electron chi connectivity index (χ1n) is 9.27. The molecule has 0 atom stereocenters. The lowest BCUT2D eigenvalue weighted by atomic mass is 10.1. The molecule has 0 bridgehead atoms. The Balaban J connectivity index is 1.61. The van der Waals surface area contributed by atoms with Gasteiger partial charge in [0.25, 0.3) is 0 Å². The number of nitrogens with one attached hydrogen (secondary N) is 2. The number of hydrogen-bond donors (Lipinski definition) is 2. The minimum absolute atomic E-state index is 0.115. The molecule has 0 aliphatic rings. The number of nitrogens with zero attached hydrogens (tertiary/aromatic N) is 1. The van der Waals surface area contributed by atoms with Gasteiger partial charge in [-0.05, 0) is 60.0 Å². The third-order valence-corrected chi connectivity index (χ3v) is 6.17. The molecule has 1 heterocycles. The van der Waals surface area contributed by atoms with Gasteiger partial charge in [0.2, 0.25) is 0 Å². The van der Waals surface area contributed by atoms with Crippen molar-refractivity contribution in [3.8, 4) is 5.75 Å². The monoisotopic (exact) mass is 425 g/mol. The van der Waals surface area contributed by atoms with E-state index in [1.807, 2.05) is 13.0 Å². The summed E-state index contributed by atoms with van der Waals surface area (Å²) in [6.07, 6.45) is 3.33. The highest BCUT2D eigenvalue weighted by Gasteiger charge is 2.16. The van der Waals surface area contributed by atoms with Crippen LogP contribution in [0.4, 0.5) is 10.5 Å². The quantitative estimate of drug-likeness (QED) is 0.602. The molecule has 7 nitrogen and oxygen atoms in total. The normalized spacial score (nSPS) is 11.0. The van der Waals surface area contributed by atoms with E-state index in [1.54, 1.807) is 55.9 Å². The summed E-state index contributed by atoms with van der Waals surface area (Å²) in [4.78, 5) is 16.2. The summed E-state index contributed by atoms with van der Waals surface area (Å²) in [6, 6.07) is 14.7. The molecule has 0 aliphatic carbocycles. The van der Waals surface area contributed by atoms with Crippen molar-refractivity contribution in [1.29, 1.82) is 0 Å². The number of methoxy groups -OCH3 is 1. The Morgan fingerprint density at radius 3 is 2.47 bits per heavy atom. The van der Waals surface area contributed by atoms with Gasteiger partial charge in [0.05, 0.1) is 17.8 Å². The van der Waals surface area contributed by atoms with Gasteiger partial charge in [-0.3, -0.25) is 4.98 Å². The van der Waals surface area contributed by atoms with Gasteiger partial charge in [0.1, 0.15) is 5.75 Å². The molecular weight excluding hydrogens is 402 g/mol. The lowest BCUT2D eigenvalue weighted by Gasteiger charge is -2.10. The van der Waals surface area contributed by atoms with Crippen LogP contribution in [0.1, 0.15) is 16.7 Å². The molecule has 3 aromatic rings. The highest BCUT2D eigenvalue weighted by molar-refractivity contribution is 7.90. The molecule has 2 N–H and O–H groups in total. The second-order valence-electron chi connectivity index (χ2n) is 6.76. The van der Waals surface area contributed by atoms with Crippen LogP contribution < -0.4 is 15.4 Å². The molecule has 30 heavy (non-hydrogen) atoms. The van der Waals surface area contributed by atoms with Crippen molar-refractivity contribution in [3.63, 3.8) is 0 Å². The van der Waals surface area contributed by atoms with E-state index in [9.17, 15) is 13.2 Å². The number of benzene rings is 2. The predicted molar refractivity (Wildman–Crippen MR) is 115 cm³/mol. The van der Waals surface area contributed by atoms with Crippen LogP contribution in [-0.4, -0.2) is 26.5 Å². The molecule has 0 fully saturated rings. The number of carbonyl (C=O) groups excluding carboxylic acids is 1. The number of urea groups is 1. The van der Waals surface area contributed by atoms with Gasteiger partial charge in [-0.25, -0.2) is 13.2 Å². The molecule has 8 heteroatoms. The SMILES string of the molecule is COc1ccc(CS(=O)(=O)c2ccc(NC(=O)NCc3cccnc3)cc2)cc1C. The number of carbonyl (C=O) groups is 1. The second kappa shape index (κ2) is 9.41. The van der Waals surface area contributed by atoms with Crippen molar-refractivity contribution in [2.24, 2.45) is 0 Å². The summed E-state index contributed by atoms with van der Waals surface area (Å²) in [7, 11) is -1.94. The highest BCUT2D eigenvalue weighted by atomic mass is 32.2. The maximum atomic E-state index is 12.7. The molecule has 3 rings (SSSR count). The fourth-order valence-corrected chi connectivity index (χ4v) is 4.27. The third-order valence-electron chi connectivity index (χ3n) is 4.46. The highest BCUT2D eigenvalue weighted by Crippen LogP contribution is 2.23. The maximum Gasteiger partial charge on any atom is 0.319 e. The average molecular weight is 426 g/mol. The minimum atomic E-state index is -3.52. The molecule has 1 aromatic heterocycles. The van der Waals surface area contributed by atoms with Crippen LogP contribution in [0.5, 0.6) is 5.75 Å². The van der Waals surface area contributed by atoms with E-state index >= 15 is 0 Å². The summed E-state index contributed by atoms with van der Waals surface area (Å²) in [5, 5.41) is 5.40. The Bertz CT molecular complexity index is 1110. The van der Waals surface area contributed by atoms with E-state index in [1.165, 1.54) is 12.1 Å². The Hall–Kier alpha value is -3.39. The van der Waals surface area contributed by atoms with Gasteiger partial charge >= 0.3 is 6.03 Å². The van der Waals surface area contributed by atoms with Gasteiger partial charge in [0.15, 0.2) is 9.84 Å². The van der Waals surface area contributed by atoms with E-state index in [4.69, 9.17) is 4.74 Å². The molecular formula is C22H23N3O4S. The van der Waals surface area contributed by atoms with E-state index in [0.29, 0.717) is 23.5 Å². The second-order valence-corrected chi connectivity index (χ2v) is 8.75. The minimum Gasteiger partial charge on any atom is -0.496 e. The zero-order chi connectivity index (χ0) is 21.6. The van der Waals surface area contributed by atoms with E-state index in [0.717, 1.165) is 11.1 Å². The van der Waals surface area contributed by atoms with Gasteiger partial charge in [-0.1, -0.05) is 18.2 Å². The number of sulfone groups is 1. The van der Waals surface area contributed by atoms with Gasteiger partial charge in [-0.2, -0.15) is 0 Å². The van der Waals surface area contributed by atoms with Crippen LogP contribution in [0, 0.1) is 6.92 Å². The van der Waals surface area contributed by atoms with Gasteiger partial charge < -0.3 is 15.4 Å². The molecule has 2 aromatic carbocycles. The van der Waals surface area contributed by atoms with Crippen molar-refractivity contribution >= 4 is 21.6 Å². The molecule has 2 amide bonds. The fourth-order valence-electron chi connectivity index (χ4n) is 2.94. The van der Waals surface area contributed by atoms with Crippen LogP contribution in [0.15, 0.2) is 71.9 Å². The number of amides is 2. The zero-order valence-corrected chi connectivity index (χ0v) is 17.6. The Kier molecular flexibility index (Phi) is 6.68. The molecule has 0 saturated carbocycles. The standard InChI is InChI=1S/C22H23N3O4S/c1-16-12-17(5-10-21(16)29-2)15-30(27,28)20-8-6-19(7-9-20)25-22(26)24-14-18-4-3-11-23-13-18/h3-13H,14-15H2,1-2H3,(H2,24,25,26). The van der Waals surface area contributed by atoms with Crippen LogP contribution in [-0.2, 0) is 22.1 Å². The third kappa shape index (κ3) is 5.57. The lowest BCUT2D eigenvalue weighted by Crippen LogP contribution is -2.28. The first-order valence-corrected chi connectivity index (χ1v) is 10.9. The number of aromatic nitrogens is 1. The maximum absolute atomic E-state index is 12.7. The predicted octanol–water partition coefficient (Wildman–Crippen LogP) is 3.69. The molecule has 0 spiro atoms. The number of aryl methyl sites for hydroxylation is 1. The summed E-state index contributed by atoms with van der Waals surface area (Å²) >= 11 is 0. The first kappa shape index (κ1) is 21.3. The fraction of sp³-hybridized carbons (Fsp3) is 0.182. The molecule has 0 unspecified atom stereocenters. The lowest BCUT2D eigenvalue weighted by molar-refractivity contribution is 0.251. The summed E-state index contributed by atoms with van der Waals surface area (Å²) in [5.74, 6) is 0.601. The summed E-state index contributed by atoms with van der Waals surface area (Å²) < 4.78 is 30.7. The number of hydrogen-bond acceptors (Lipinski definition) is 5. The van der Waals surface area contributed by atoms with Crippen LogP contribution in [0.2, 0.25) is 0 Å². The first-order chi connectivity index (χ1) is 14.4. The zero-order valence-electron chi connectivity index (χ0n) is 16.8. The Morgan fingerprint density at radius 2 is 1.83 bits per heavy atom. The average Bonchev–Trinajstić information content (AvgIpc) is 2.73. The largest absolute Gasteiger partial charge is 0.496 e. The van der Waals surface area contributed by atoms with Crippen molar-refractivity contribution < 1.29 is 17.9 Å². The molecule has 156 valence electrons. The van der Waals surface area contributed by atoms with Crippen molar-refractivity contribution in [2.75, 3.05) is 12.4 Å². The molecule has 0 aliphatic heterocycles. The number of ether oxygens (including phenoxy) is 1. The van der Waals surface area contributed by atoms with Crippen molar-refractivity contribution in [2.45, 2.75) is 24.1 Å². The topological polar surface area (TPSA) is 97.4 Å². The molecule has 0 saturated heterocycles.